The van der Waals surface area contributed by atoms with Crippen LogP contribution in [-0.2, 0) is 0 Å². The summed E-state index contributed by atoms with van der Waals surface area (Å²) < 4.78 is 25.5. The zero-order valence-electron chi connectivity index (χ0n) is 19.7. The fourth-order valence-corrected chi connectivity index (χ4v) is 6.30. The molecule has 0 fully saturated rings. The Morgan fingerprint density at radius 3 is 2.28 bits per heavy atom. The molecule has 36 heavy (non-hydrogen) atoms. The van der Waals surface area contributed by atoms with E-state index in [1.807, 2.05) is 42.7 Å². The maximum Gasteiger partial charge on any atom is 0.183 e. The molecule has 0 bridgehead atoms. The standard InChI is InChI=1S/C27H20N2O4S3/c1-15(13-28)5-4-6-18-22(34-3)11-20(32-18)26-24-25(31-8-7-30-24)27(36-26)21-12-23-19(33-21)10-17(35-23)9-16(2)14-29/h4-6,9-12H,7-8H2,1-3H3/b6-4+,15-5-,16-9-. The average Bonchev–Trinajstić information content (AvgIpc) is 3.64. The molecule has 4 aromatic rings. The summed E-state index contributed by atoms with van der Waals surface area (Å²) in [4.78, 5) is 3.64. The van der Waals surface area contributed by atoms with Crippen LogP contribution in [0.25, 0.3) is 43.7 Å². The highest BCUT2D eigenvalue weighted by Gasteiger charge is 2.30. The highest BCUT2D eigenvalue weighted by molar-refractivity contribution is 7.98. The minimum atomic E-state index is 0.457. The van der Waals surface area contributed by atoms with Crippen LogP contribution < -0.4 is 9.47 Å². The van der Waals surface area contributed by atoms with Crippen molar-refractivity contribution in [2.24, 2.45) is 0 Å². The normalized spacial score (nSPS) is 13.9. The Morgan fingerprint density at radius 1 is 0.944 bits per heavy atom. The Morgan fingerprint density at radius 2 is 1.64 bits per heavy atom. The fourth-order valence-electron chi connectivity index (χ4n) is 3.65. The first-order valence-electron chi connectivity index (χ1n) is 11.0. The van der Waals surface area contributed by atoms with Crippen molar-refractivity contribution in [2.75, 3.05) is 19.5 Å². The molecule has 0 N–H and O–H groups in total. The van der Waals surface area contributed by atoms with Crippen LogP contribution in [0, 0.1) is 22.7 Å². The van der Waals surface area contributed by atoms with Gasteiger partial charge in [0.1, 0.15) is 45.8 Å². The Balaban J connectivity index is 1.55. The van der Waals surface area contributed by atoms with Crippen molar-refractivity contribution in [1.29, 1.82) is 10.5 Å². The van der Waals surface area contributed by atoms with Gasteiger partial charge in [-0.3, -0.25) is 0 Å². The maximum atomic E-state index is 9.04. The van der Waals surface area contributed by atoms with E-state index >= 15 is 0 Å². The first kappa shape index (κ1) is 24.1. The predicted octanol–water partition coefficient (Wildman–Crippen LogP) is 8.39. The first-order chi connectivity index (χ1) is 17.5. The van der Waals surface area contributed by atoms with Gasteiger partial charge in [-0.05, 0) is 50.5 Å². The molecular weight excluding hydrogens is 513 g/mol. The lowest BCUT2D eigenvalue weighted by Gasteiger charge is -2.16. The van der Waals surface area contributed by atoms with E-state index in [0.717, 1.165) is 29.8 Å². The number of rotatable bonds is 6. The van der Waals surface area contributed by atoms with Crippen molar-refractivity contribution in [3.8, 4) is 44.9 Å². The molecule has 180 valence electrons. The predicted molar refractivity (Wildman–Crippen MR) is 146 cm³/mol. The van der Waals surface area contributed by atoms with Crippen LogP contribution in [0.2, 0.25) is 0 Å². The third-order valence-electron chi connectivity index (χ3n) is 5.32. The van der Waals surface area contributed by atoms with Crippen LogP contribution in [0.1, 0.15) is 24.5 Å². The van der Waals surface area contributed by atoms with Gasteiger partial charge in [0.25, 0.3) is 0 Å². The Bertz CT molecular complexity index is 1600. The third kappa shape index (κ3) is 4.61. The quantitative estimate of drug-likeness (QED) is 0.140. The summed E-state index contributed by atoms with van der Waals surface area (Å²) in [5, 5.41) is 18.0. The van der Waals surface area contributed by atoms with Crippen LogP contribution in [-0.4, -0.2) is 19.5 Å². The molecule has 0 atom stereocenters. The minimum absolute atomic E-state index is 0.457. The number of furan rings is 2. The van der Waals surface area contributed by atoms with Gasteiger partial charge in [-0.2, -0.15) is 10.5 Å². The average molecular weight is 533 g/mol. The second-order valence-electron chi connectivity index (χ2n) is 7.91. The van der Waals surface area contributed by atoms with Gasteiger partial charge in [0.05, 0.1) is 21.7 Å². The molecule has 0 radical (unpaired) electrons. The molecule has 4 aromatic heterocycles. The van der Waals surface area contributed by atoms with Crippen molar-refractivity contribution in [3.63, 3.8) is 0 Å². The van der Waals surface area contributed by atoms with Gasteiger partial charge in [-0.25, -0.2) is 0 Å². The van der Waals surface area contributed by atoms with E-state index in [1.165, 1.54) is 11.3 Å². The molecule has 0 saturated carbocycles. The summed E-state index contributed by atoms with van der Waals surface area (Å²) in [5.74, 6) is 3.43. The molecule has 6 nitrogen and oxygen atoms in total. The van der Waals surface area contributed by atoms with Gasteiger partial charge in [0.2, 0.25) is 0 Å². The SMILES string of the molecule is CSc1cc(-c2sc(-c3cc4sc(/C=C(/C)C#N)cc4o3)c3c2OCCO3)oc1/C=C/C=C(/C)C#N. The van der Waals surface area contributed by atoms with Crippen molar-refractivity contribution < 1.29 is 18.3 Å². The molecule has 5 rings (SSSR count). The van der Waals surface area contributed by atoms with Crippen molar-refractivity contribution in [3.05, 3.63) is 52.1 Å². The number of ether oxygens (including phenoxy) is 2. The van der Waals surface area contributed by atoms with Gasteiger partial charge >= 0.3 is 0 Å². The Kier molecular flexibility index (Phi) is 6.80. The second-order valence-corrected chi connectivity index (χ2v) is 10.9. The van der Waals surface area contributed by atoms with E-state index in [1.54, 1.807) is 43.0 Å². The smallest absolute Gasteiger partial charge is 0.183 e. The number of thiophene rings is 2. The number of nitrogens with zero attached hydrogens (tertiary/aromatic N) is 2. The lowest BCUT2D eigenvalue weighted by atomic mass is 10.2. The molecule has 0 aromatic carbocycles. The van der Waals surface area contributed by atoms with Crippen LogP contribution in [0.4, 0.5) is 0 Å². The van der Waals surface area contributed by atoms with Gasteiger partial charge < -0.3 is 18.3 Å². The zero-order chi connectivity index (χ0) is 25.2. The lowest BCUT2D eigenvalue weighted by molar-refractivity contribution is 0.174. The fraction of sp³-hybridized carbons (Fsp3) is 0.185. The number of hydrogen-bond acceptors (Lipinski definition) is 9. The van der Waals surface area contributed by atoms with Crippen LogP contribution >= 0.6 is 34.4 Å². The largest absolute Gasteiger partial charge is 0.484 e. The van der Waals surface area contributed by atoms with Crippen LogP contribution in [0.3, 0.4) is 0 Å². The number of thioether (sulfide) groups is 1. The summed E-state index contributed by atoms with van der Waals surface area (Å²) >= 11 is 4.67. The van der Waals surface area contributed by atoms with E-state index < -0.39 is 0 Å². The van der Waals surface area contributed by atoms with Gasteiger partial charge in [0, 0.05) is 22.1 Å². The number of hydrogen-bond donors (Lipinski definition) is 0. The Hall–Kier alpha value is -3.63. The van der Waals surface area contributed by atoms with E-state index in [9.17, 15) is 0 Å². The third-order valence-corrected chi connectivity index (χ3v) is 8.27. The monoisotopic (exact) mass is 532 g/mol. The van der Waals surface area contributed by atoms with Crippen LogP contribution in [0.15, 0.2) is 55.2 Å². The highest BCUT2D eigenvalue weighted by Crippen LogP contribution is 2.55. The zero-order valence-corrected chi connectivity index (χ0v) is 22.2. The molecule has 1 aliphatic heterocycles. The van der Waals surface area contributed by atoms with Crippen molar-refractivity contribution in [1.82, 2.24) is 0 Å². The molecule has 0 amide bonds. The van der Waals surface area contributed by atoms with E-state index in [2.05, 4.69) is 12.1 Å². The topological polar surface area (TPSA) is 92.3 Å². The summed E-state index contributed by atoms with van der Waals surface area (Å²) in [5.41, 5.74) is 2.03. The molecule has 0 aliphatic carbocycles. The molecule has 9 heteroatoms. The van der Waals surface area contributed by atoms with E-state index in [0.29, 0.717) is 53.1 Å². The molecule has 1 aliphatic rings. The first-order valence-corrected chi connectivity index (χ1v) is 13.8. The molecule has 0 spiro atoms. The van der Waals surface area contributed by atoms with Crippen LogP contribution in [0.5, 0.6) is 11.5 Å². The van der Waals surface area contributed by atoms with Gasteiger partial charge in [-0.15, -0.1) is 34.4 Å². The summed E-state index contributed by atoms with van der Waals surface area (Å²) in [6.07, 6.45) is 9.27. The minimum Gasteiger partial charge on any atom is -0.484 e. The van der Waals surface area contributed by atoms with Crippen molar-refractivity contribution in [2.45, 2.75) is 18.7 Å². The van der Waals surface area contributed by atoms with Gasteiger partial charge in [-0.1, -0.05) is 6.08 Å². The van der Waals surface area contributed by atoms with E-state index in [4.69, 9.17) is 28.8 Å². The molecule has 0 saturated heterocycles. The summed E-state index contributed by atoms with van der Waals surface area (Å²) in [6.45, 7) is 4.46. The van der Waals surface area contributed by atoms with Crippen molar-refractivity contribution >= 4 is 56.9 Å². The number of nitriles is 2. The second kappa shape index (κ2) is 10.2. The molecule has 0 unspecified atom stereocenters. The summed E-state index contributed by atoms with van der Waals surface area (Å²) in [6, 6.07) is 10.2. The lowest BCUT2D eigenvalue weighted by Crippen LogP contribution is -2.14. The number of allylic oxidation sites excluding steroid dienone is 4. The maximum absolute atomic E-state index is 9.04. The van der Waals surface area contributed by atoms with E-state index in [-0.39, 0.29) is 0 Å². The summed E-state index contributed by atoms with van der Waals surface area (Å²) in [7, 11) is 0. The highest BCUT2D eigenvalue weighted by atomic mass is 32.2. The Labute approximate surface area is 220 Å². The molecule has 5 heterocycles. The number of fused-ring (bicyclic) bond motifs is 2. The molecular formula is C27H20N2O4S3. The van der Waals surface area contributed by atoms with Gasteiger partial charge in [0.15, 0.2) is 11.5 Å².